The van der Waals surface area contributed by atoms with Crippen LogP contribution in [-0.4, -0.2) is 48.3 Å². The van der Waals surface area contributed by atoms with Gasteiger partial charge in [0.25, 0.3) is 11.6 Å². The van der Waals surface area contributed by atoms with Gasteiger partial charge in [0.15, 0.2) is 0 Å². The minimum absolute atomic E-state index is 0.0507. The van der Waals surface area contributed by atoms with E-state index in [4.69, 9.17) is 13.8 Å². The zero-order valence-corrected chi connectivity index (χ0v) is 23.9. The van der Waals surface area contributed by atoms with Crippen LogP contribution in [0.15, 0.2) is 121 Å². The molecule has 0 heterocycles. The largest absolute Gasteiger partial charge is 0.391 e. The van der Waals surface area contributed by atoms with Crippen LogP contribution in [0.3, 0.4) is 0 Å². The lowest BCUT2D eigenvalue weighted by atomic mass is 9.60. The number of hydrogen-bond acceptors (Lipinski definition) is 9. The Bertz CT molecular complexity index is 1250. The highest BCUT2D eigenvalue weighted by molar-refractivity contribution is 7.39. The van der Waals surface area contributed by atoms with Gasteiger partial charge in [-0.05, 0) is 23.6 Å². The van der Waals surface area contributed by atoms with E-state index in [1.807, 2.05) is 0 Å². The first-order valence-electron chi connectivity index (χ1n) is 12.7. The summed E-state index contributed by atoms with van der Waals surface area (Å²) in [6.07, 6.45) is -1.13. The van der Waals surface area contributed by atoms with E-state index < -0.39 is 46.9 Å². The van der Waals surface area contributed by atoms with Crippen LogP contribution < -0.4 is 0 Å². The Balaban J connectivity index is 2.30. The Morgan fingerprint density at radius 1 is 0.585 bits per heavy atom. The maximum Gasteiger partial charge on any atom is 0.330 e. The summed E-state index contributed by atoms with van der Waals surface area (Å²) in [6, 6.07) is 34.1. The van der Waals surface area contributed by atoms with Crippen LogP contribution in [0.2, 0.25) is 0 Å². The third-order valence-corrected chi connectivity index (χ3v) is 7.52. The summed E-state index contributed by atoms with van der Waals surface area (Å²) < 4.78 is 18.0. The molecule has 4 aromatic rings. The minimum Gasteiger partial charge on any atom is -0.391 e. The molecule has 3 unspecified atom stereocenters. The number of rotatable bonds is 13. The van der Waals surface area contributed by atoms with Gasteiger partial charge >= 0.3 is 17.2 Å². The van der Waals surface area contributed by atoms with Crippen molar-refractivity contribution in [2.45, 2.75) is 30.0 Å². The molecule has 41 heavy (non-hydrogen) atoms. The van der Waals surface area contributed by atoms with Gasteiger partial charge in [0.2, 0.25) is 0 Å². The fraction of sp³-hybridized carbons (Fsp3) is 0.200. The van der Waals surface area contributed by atoms with Gasteiger partial charge in [-0.2, -0.15) is 0 Å². The third kappa shape index (κ3) is 6.13. The molecule has 0 aliphatic heterocycles. The molecule has 216 valence electrons. The molecule has 0 fully saturated rings. The first-order chi connectivity index (χ1) is 19.7. The van der Waals surface area contributed by atoms with E-state index in [2.05, 4.69) is 0 Å². The SMILES string of the molecule is CC(O)COC(OP(O)O)(C(O)(OP(O)O)c1ccccc1)C(c1ccccc1)(c1ccccc1)c1ccccc1. The van der Waals surface area contributed by atoms with Crippen molar-refractivity contribution < 1.29 is 43.6 Å². The highest BCUT2D eigenvalue weighted by atomic mass is 31.2. The Morgan fingerprint density at radius 2 is 0.927 bits per heavy atom. The van der Waals surface area contributed by atoms with E-state index in [-0.39, 0.29) is 5.56 Å². The van der Waals surface area contributed by atoms with Crippen LogP contribution in [0, 0.1) is 0 Å². The fourth-order valence-corrected chi connectivity index (χ4v) is 6.19. The van der Waals surface area contributed by atoms with Crippen molar-refractivity contribution in [3.63, 3.8) is 0 Å². The minimum atomic E-state index is -3.34. The van der Waals surface area contributed by atoms with Crippen LogP contribution in [0.1, 0.15) is 29.2 Å². The van der Waals surface area contributed by atoms with Gasteiger partial charge < -0.3 is 34.5 Å². The predicted octanol–water partition coefficient (Wildman–Crippen LogP) is 4.42. The van der Waals surface area contributed by atoms with Gasteiger partial charge in [-0.3, -0.25) is 9.05 Å². The summed E-state index contributed by atoms with van der Waals surface area (Å²) in [5.41, 5.74) is -0.493. The zero-order chi connectivity index (χ0) is 29.5. The van der Waals surface area contributed by atoms with Crippen LogP contribution >= 0.6 is 17.2 Å². The highest BCUT2D eigenvalue weighted by Crippen LogP contribution is 2.62. The smallest absolute Gasteiger partial charge is 0.330 e. The third-order valence-electron chi connectivity index (χ3n) is 6.68. The molecule has 0 saturated heterocycles. The van der Waals surface area contributed by atoms with Crippen LogP contribution in [0.5, 0.6) is 0 Å². The molecule has 0 amide bonds. The molecule has 0 aliphatic rings. The van der Waals surface area contributed by atoms with Crippen LogP contribution in [0.4, 0.5) is 0 Å². The van der Waals surface area contributed by atoms with E-state index >= 15 is 0 Å². The van der Waals surface area contributed by atoms with Gasteiger partial charge in [-0.15, -0.1) is 0 Å². The number of aliphatic hydroxyl groups is 2. The van der Waals surface area contributed by atoms with Crippen molar-refractivity contribution in [1.29, 1.82) is 0 Å². The molecule has 3 atom stereocenters. The molecule has 0 saturated carbocycles. The summed E-state index contributed by atoms with van der Waals surface area (Å²) in [5, 5.41) is 23.2. The van der Waals surface area contributed by atoms with Gasteiger partial charge in [0, 0.05) is 5.56 Å². The van der Waals surface area contributed by atoms with E-state index in [0.29, 0.717) is 16.7 Å². The van der Waals surface area contributed by atoms with E-state index in [9.17, 15) is 29.8 Å². The highest BCUT2D eigenvalue weighted by Gasteiger charge is 2.71. The zero-order valence-electron chi connectivity index (χ0n) is 22.1. The molecular weight excluding hydrogens is 566 g/mol. The lowest BCUT2D eigenvalue weighted by Gasteiger charge is -2.56. The number of ether oxygens (including phenoxy) is 1. The summed E-state index contributed by atoms with van der Waals surface area (Å²) in [4.78, 5) is 41.7. The second kappa shape index (κ2) is 13.6. The van der Waals surface area contributed by atoms with E-state index in [0.717, 1.165) is 0 Å². The van der Waals surface area contributed by atoms with Gasteiger partial charge in [0.05, 0.1) is 12.7 Å². The Kier molecular flexibility index (Phi) is 10.4. The number of benzene rings is 4. The second-order valence-corrected chi connectivity index (χ2v) is 10.7. The molecule has 4 rings (SSSR count). The summed E-state index contributed by atoms with van der Waals surface area (Å²) in [5.74, 6) is -5.67. The fourth-order valence-electron chi connectivity index (χ4n) is 5.19. The Hall–Kier alpha value is -2.62. The monoisotopic (exact) mass is 598 g/mol. The van der Waals surface area contributed by atoms with Crippen molar-refractivity contribution in [2.24, 2.45) is 0 Å². The molecule has 0 radical (unpaired) electrons. The van der Waals surface area contributed by atoms with Crippen molar-refractivity contribution in [3.05, 3.63) is 144 Å². The van der Waals surface area contributed by atoms with Crippen molar-refractivity contribution >= 4 is 17.2 Å². The molecule has 0 spiro atoms. The van der Waals surface area contributed by atoms with Crippen LogP contribution in [0.25, 0.3) is 0 Å². The lowest BCUT2D eigenvalue weighted by molar-refractivity contribution is -0.380. The Labute approximate surface area is 240 Å². The summed E-state index contributed by atoms with van der Waals surface area (Å²) in [7, 11) is -6.65. The quantitative estimate of drug-likeness (QED) is 0.0748. The molecule has 6 N–H and O–H groups in total. The van der Waals surface area contributed by atoms with Gasteiger partial charge in [-0.25, -0.2) is 0 Å². The first-order valence-corrected chi connectivity index (χ1v) is 15.0. The molecule has 4 aromatic carbocycles. The average molecular weight is 599 g/mol. The van der Waals surface area contributed by atoms with Crippen molar-refractivity contribution in [1.82, 2.24) is 0 Å². The molecule has 0 aliphatic carbocycles. The standard InChI is InChI=1S/C30H32O9P2/c1-23(31)22-37-30(39-41(35)36,29(32,38-40(33)34)27-20-12-5-13-21-27)28(24-14-6-2-7-15-24,25-16-8-3-9-17-25)26-18-10-4-11-19-26/h2-21,23,31-36H,22H2,1H3. The van der Waals surface area contributed by atoms with Crippen molar-refractivity contribution in [2.75, 3.05) is 6.61 Å². The molecular formula is C30H32O9P2. The van der Waals surface area contributed by atoms with Crippen molar-refractivity contribution in [3.8, 4) is 0 Å². The maximum atomic E-state index is 12.8. The predicted molar refractivity (Wildman–Crippen MR) is 155 cm³/mol. The van der Waals surface area contributed by atoms with Gasteiger partial charge in [-0.1, -0.05) is 121 Å². The lowest BCUT2D eigenvalue weighted by Crippen LogP contribution is -2.68. The first kappa shape index (κ1) is 31.3. The molecule has 11 heteroatoms. The Morgan fingerprint density at radius 3 is 1.24 bits per heavy atom. The van der Waals surface area contributed by atoms with Gasteiger partial charge in [0.1, 0.15) is 5.41 Å². The maximum absolute atomic E-state index is 12.8. The molecule has 0 bridgehead atoms. The van der Waals surface area contributed by atoms with E-state index in [1.165, 1.54) is 19.1 Å². The topological polar surface area (TPSA) is 149 Å². The summed E-state index contributed by atoms with van der Waals surface area (Å²) in [6.45, 7) is 0.943. The molecule has 0 aromatic heterocycles. The molecule has 9 nitrogen and oxygen atoms in total. The number of hydrogen-bond donors (Lipinski definition) is 6. The van der Waals surface area contributed by atoms with E-state index in [1.54, 1.807) is 109 Å². The second-order valence-electron chi connectivity index (χ2n) is 9.32. The normalized spacial score (nSPS) is 15.8. The number of aliphatic hydroxyl groups excluding tert-OH is 1. The average Bonchev–Trinajstić information content (AvgIpc) is 2.97. The van der Waals surface area contributed by atoms with Crippen LogP contribution in [-0.2, 0) is 25.0 Å². The summed E-state index contributed by atoms with van der Waals surface area (Å²) >= 11 is 0.